The average Bonchev–Trinajstić information content (AvgIpc) is 2.95. The summed E-state index contributed by atoms with van der Waals surface area (Å²) in [6.45, 7) is 3.76. The van der Waals surface area contributed by atoms with Crippen LogP contribution in [0.5, 0.6) is 0 Å². The molecule has 23 heavy (non-hydrogen) atoms. The fourth-order valence-electron chi connectivity index (χ4n) is 2.52. The van der Waals surface area contributed by atoms with Gasteiger partial charge in [0, 0.05) is 12.3 Å². The molecule has 0 bridgehead atoms. The summed E-state index contributed by atoms with van der Waals surface area (Å²) in [5.41, 5.74) is 2.65. The third-order valence-corrected chi connectivity index (χ3v) is 3.62. The Morgan fingerprint density at radius 3 is 2.57 bits per heavy atom. The lowest BCUT2D eigenvalue weighted by Gasteiger charge is -2.18. The van der Waals surface area contributed by atoms with Gasteiger partial charge in [0.1, 0.15) is 11.7 Å². The van der Waals surface area contributed by atoms with Gasteiger partial charge in [0.25, 0.3) is 0 Å². The standard InChI is InChI=1S/C18H17N3O2/c1-12-7-3-4-8-14(12)17(15-9-5-6-10-19-15)18(22)20-16-11-13(2)23-21-16/h3-11,17H,1-2H3,(H,20,21,22). The van der Waals surface area contributed by atoms with E-state index in [-0.39, 0.29) is 5.91 Å². The van der Waals surface area contributed by atoms with E-state index < -0.39 is 5.92 Å². The molecular formula is C18H17N3O2. The van der Waals surface area contributed by atoms with Crippen molar-refractivity contribution >= 4 is 11.7 Å². The van der Waals surface area contributed by atoms with Crippen LogP contribution in [-0.4, -0.2) is 16.0 Å². The van der Waals surface area contributed by atoms with Gasteiger partial charge in [0.15, 0.2) is 5.82 Å². The highest BCUT2D eigenvalue weighted by molar-refractivity contribution is 5.97. The molecule has 5 nitrogen and oxygen atoms in total. The van der Waals surface area contributed by atoms with Gasteiger partial charge >= 0.3 is 0 Å². The molecule has 1 aromatic carbocycles. The van der Waals surface area contributed by atoms with Gasteiger partial charge in [0.2, 0.25) is 5.91 Å². The minimum Gasteiger partial charge on any atom is -0.360 e. The lowest BCUT2D eigenvalue weighted by molar-refractivity contribution is -0.116. The summed E-state index contributed by atoms with van der Waals surface area (Å²) in [7, 11) is 0. The van der Waals surface area contributed by atoms with E-state index in [4.69, 9.17) is 4.52 Å². The molecule has 2 aromatic heterocycles. The first kappa shape index (κ1) is 15.0. The maximum Gasteiger partial charge on any atom is 0.239 e. The van der Waals surface area contributed by atoms with Gasteiger partial charge in [-0.2, -0.15) is 0 Å². The van der Waals surface area contributed by atoms with Crippen molar-refractivity contribution in [1.29, 1.82) is 0 Å². The Morgan fingerprint density at radius 2 is 1.91 bits per heavy atom. The molecule has 5 heteroatoms. The van der Waals surface area contributed by atoms with Crippen molar-refractivity contribution < 1.29 is 9.32 Å². The van der Waals surface area contributed by atoms with Crippen LogP contribution in [-0.2, 0) is 4.79 Å². The molecule has 0 saturated carbocycles. The zero-order valence-electron chi connectivity index (χ0n) is 13.0. The molecule has 0 radical (unpaired) electrons. The Kier molecular flexibility index (Phi) is 4.19. The molecule has 3 rings (SSSR count). The number of nitrogens with one attached hydrogen (secondary N) is 1. The highest BCUT2D eigenvalue weighted by Crippen LogP contribution is 2.27. The number of carbonyl (C=O) groups is 1. The van der Waals surface area contributed by atoms with E-state index in [0.717, 1.165) is 11.1 Å². The van der Waals surface area contributed by atoms with Gasteiger partial charge < -0.3 is 9.84 Å². The van der Waals surface area contributed by atoms with Crippen LogP contribution in [0, 0.1) is 13.8 Å². The zero-order valence-corrected chi connectivity index (χ0v) is 13.0. The van der Waals surface area contributed by atoms with Crippen molar-refractivity contribution in [3.05, 3.63) is 77.3 Å². The summed E-state index contributed by atoms with van der Waals surface area (Å²) < 4.78 is 5.00. The van der Waals surface area contributed by atoms with E-state index in [9.17, 15) is 4.79 Å². The van der Waals surface area contributed by atoms with Crippen LogP contribution in [0.15, 0.2) is 59.3 Å². The third kappa shape index (κ3) is 3.29. The number of anilines is 1. The highest BCUT2D eigenvalue weighted by atomic mass is 16.5. The Hall–Kier alpha value is -2.95. The molecule has 3 aromatic rings. The first-order valence-corrected chi connectivity index (χ1v) is 7.36. The van der Waals surface area contributed by atoms with Gasteiger partial charge in [0.05, 0.1) is 5.69 Å². The van der Waals surface area contributed by atoms with Crippen LogP contribution >= 0.6 is 0 Å². The van der Waals surface area contributed by atoms with Crippen LogP contribution in [0.4, 0.5) is 5.82 Å². The Balaban J connectivity index is 1.98. The molecule has 1 N–H and O–H groups in total. The number of pyridine rings is 1. The fraction of sp³-hybridized carbons (Fsp3) is 0.167. The molecule has 0 aliphatic rings. The van der Waals surface area contributed by atoms with Crippen LogP contribution in [0.1, 0.15) is 28.5 Å². The van der Waals surface area contributed by atoms with E-state index in [1.165, 1.54) is 0 Å². The summed E-state index contributed by atoms with van der Waals surface area (Å²) >= 11 is 0. The van der Waals surface area contributed by atoms with Crippen LogP contribution in [0.25, 0.3) is 0 Å². The summed E-state index contributed by atoms with van der Waals surface area (Å²) in [5, 5.41) is 6.62. The number of aryl methyl sites for hydroxylation is 2. The van der Waals surface area contributed by atoms with Crippen LogP contribution in [0.3, 0.4) is 0 Å². The van der Waals surface area contributed by atoms with Crippen molar-refractivity contribution in [3.8, 4) is 0 Å². The topological polar surface area (TPSA) is 68.0 Å². The average molecular weight is 307 g/mol. The Bertz CT molecular complexity index is 812. The third-order valence-electron chi connectivity index (χ3n) is 3.62. The quantitative estimate of drug-likeness (QED) is 0.801. The minimum atomic E-state index is -0.505. The van der Waals surface area contributed by atoms with Gasteiger partial charge in [-0.05, 0) is 37.1 Å². The molecule has 116 valence electrons. The van der Waals surface area contributed by atoms with Crippen molar-refractivity contribution in [2.45, 2.75) is 19.8 Å². The van der Waals surface area contributed by atoms with Crippen molar-refractivity contribution in [3.63, 3.8) is 0 Å². The second-order valence-corrected chi connectivity index (χ2v) is 5.36. The van der Waals surface area contributed by atoms with E-state index in [2.05, 4.69) is 15.5 Å². The Labute approximate surface area is 134 Å². The SMILES string of the molecule is Cc1cc(NC(=O)C(c2ccccn2)c2ccccc2C)no1. The van der Waals surface area contributed by atoms with Crippen molar-refractivity contribution in [2.24, 2.45) is 0 Å². The second kappa shape index (κ2) is 6.44. The molecule has 1 unspecified atom stereocenters. The molecule has 0 aliphatic heterocycles. The predicted molar refractivity (Wildman–Crippen MR) is 87.1 cm³/mol. The maximum absolute atomic E-state index is 12.8. The molecule has 2 heterocycles. The molecule has 1 amide bonds. The van der Waals surface area contributed by atoms with Gasteiger partial charge in [-0.15, -0.1) is 0 Å². The second-order valence-electron chi connectivity index (χ2n) is 5.36. The van der Waals surface area contributed by atoms with E-state index in [1.54, 1.807) is 19.2 Å². The molecule has 0 aliphatic carbocycles. The van der Waals surface area contributed by atoms with Crippen molar-refractivity contribution in [2.75, 3.05) is 5.32 Å². The largest absolute Gasteiger partial charge is 0.360 e. The molecule has 0 spiro atoms. The van der Waals surface area contributed by atoms with E-state index >= 15 is 0 Å². The highest BCUT2D eigenvalue weighted by Gasteiger charge is 2.26. The summed E-state index contributed by atoms with van der Waals surface area (Å²) in [4.78, 5) is 17.2. The maximum atomic E-state index is 12.8. The number of hydrogen-bond donors (Lipinski definition) is 1. The van der Waals surface area contributed by atoms with Crippen molar-refractivity contribution in [1.82, 2.24) is 10.1 Å². The number of nitrogens with zero attached hydrogens (tertiary/aromatic N) is 2. The molecule has 0 saturated heterocycles. The van der Waals surface area contributed by atoms with Gasteiger partial charge in [-0.25, -0.2) is 0 Å². The smallest absolute Gasteiger partial charge is 0.239 e. The normalized spacial score (nSPS) is 11.9. The fourth-order valence-corrected chi connectivity index (χ4v) is 2.52. The summed E-state index contributed by atoms with van der Waals surface area (Å²) in [6.07, 6.45) is 1.69. The van der Waals surface area contributed by atoms with E-state index in [1.807, 2.05) is 49.4 Å². The van der Waals surface area contributed by atoms with E-state index in [0.29, 0.717) is 17.3 Å². The minimum absolute atomic E-state index is 0.189. The molecule has 0 fully saturated rings. The van der Waals surface area contributed by atoms with Gasteiger partial charge in [-0.3, -0.25) is 9.78 Å². The summed E-state index contributed by atoms with van der Waals surface area (Å²) in [5.74, 6) is 0.355. The lowest BCUT2D eigenvalue weighted by atomic mass is 9.91. The number of carbonyl (C=O) groups excluding carboxylic acids is 1. The van der Waals surface area contributed by atoms with Crippen LogP contribution < -0.4 is 5.32 Å². The number of amides is 1. The van der Waals surface area contributed by atoms with Crippen LogP contribution in [0.2, 0.25) is 0 Å². The van der Waals surface area contributed by atoms with Gasteiger partial charge in [-0.1, -0.05) is 35.5 Å². The monoisotopic (exact) mass is 307 g/mol. The molecule has 1 atom stereocenters. The number of benzene rings is 1. The number of rotatable bonds is 4. The molecular weight excluding hydrogens is 290 g/mol. The first-order valence-electron chi connectivity index (χ1n) is 7.36. The number of aromatic nitrogens is 2. The Morgan fingerprint density at radius 1 is 1.13 bits per heavy atom. The zero-order chi connectivity index (χ0) is 16.2. The summed E-state index contributed by atoms with van der Waals surface area (Å²) in [6, 6.07) is 15.1. The lowest BCUT2D eigenvalue weighted by Crippen LogP contribution is -2.23. The first-order chi connectivity index (χ1) is 11.1. The predicted octanol–water partition coefficient (Wildman–Crippen LogP) is 3.46. The number of hydrogen-bond acceptors (Lipinski definition) is 4.